The predicted octanol–water partition coefficient (Wildman–Crippen LogP) is 3.94. The highest BCUT2D eigenvalue weighted by atomic mass is 35.5. The molecular formula is C23H23ClF2N6O2. The summed E-state index contributed by atoms with van der Waals surface area (Å²) in [4.78, 5) is 33.7. The molecule has 2 N–H and O–H groups in total. The molecule has 2 aliphatic rings. The van der Waals surface area contributed by atoms with Gasteiger partial charge in [0.25, 0.3) is 6.43 Å². The molecule has 3 heterocycles. The van der Waals surface area contributed by atoms with Gasteiger partial charge in [-0.15, -0.1) is 0 Å². The molecule has 11 heteroatoms. The normalized spacial score (nSPS) is 18.8. The van der Waals surface area contributed by atoms with Crippen LogP contribution in [-0.4, -0.2) is 37.4 Å². The van der Waals surface area contributed by atoms with Crippen molar-refractivity contribution in [1.82, 2.24) is 24.9 Å². The zero-order valence-corrected chi connectivity index (χ0v) is 19.4. The molecule has 0 bridgehead atoms. The number of fused-ring (bicyclic) bond motifs is 3. The van der Waals surface area contributed by atoms with Crippen molar-refractivity contribution in [3.63, 3.8) is 0 Å². The molecule has 2 aliphatic carbocycles. The van der Waals surface area contributed by atoms with Crippen LogP contribution < -0.4 is 10.6 Å². The second-order valence-corrected chi connectivity index (χ2v) is 9.90. The first-order valence-electron chi connectivity index (χ1n) is 11.0. The van der Waals surface area contributed by atoms with E-state index in [2.05, 4.69) is 25.7 Å². The number of pyridine rings is 1. The van der Waals surface area contributed by atoms with Gasteiger partial charge in [0, 0.05) is 34.8 Å². The SMILES string of the molecule is CC1(C)C[C@H](C(=O)Nc2cnc(CC(=O)NC3CC3)c(C(F)F)c2)c2cnc3cc(Cl)nn3c21. The van der Waals surface area contributed by atoms with E-state index in [4.69, 9.17) is 11.6 Å². The fraction of sp³-hybridized carbons (Fsp3) is 0.435. The second-order valence-electron chi connectivity index (χ2n) is 9.51. The van der Waals surface area contributed by atoms with E-state index in [1.54, 1.807) is 16.8 Å². The molecule has 0 aromatic carbocycles. The number of carbonyl (C=O) groups is 2. The van der Waals surface area contributed by atoms with Crippen LogP contribution in [0, 0.1) is 0 Å². The number of rotatable bonds is 6. The summed E-state index contributed by atoms with van der Waals surface area (Å²) in [5.41, 5.74) is 1.53. The Labute approximate surface area is 199 Å². The second kappa shape index (κ2) is 8.26. The minimum Gasteiger partial charge on any atom is -0.353 e. The molecule has 34 heavy (non-hydrogen) atoms. The van der Waals surface area contributed by atoms with Crippen molar-refractivity contribution < 1.29 is 18.4 Å². The third kappa shape index (κ3) is 4.22. The molecule has 1 atom stereocenters. The lowest BCUT2D eigenvalue weighted by Crippen LogP contribution is -2.28. The molecule has 2 amide bonds. The van der Waals surface area contributed by atoms with E-state index in [0.717, 1.165) is 18.5 Å². The Kier molecular flexibility index (Phi) is 5.50. The molecule has 8 nitrogen and oxygen atoms in total. The molecule has 178 valence electrons. The van der Waals surface area contributed by atoms with Gasteiger partial charge < -0.3 is 10.6 Å². The molecule has 1 saturated carbocycles. The number of nitrogens with zero attached hydrogens (tertiary/aromatic N) is 4. The first kappa shape index (κ1) is 22.6. The highest BCUT2D eigenvalue weighted by molar-refractivity contribution is 6.29. The Bertz CT molecular complexity index is 1300. The number of alkyl halides is 2. The van der Waals surface area contributed by atoms with Gasteiger partial charge in [0.15, 0.2) is 10.8 Å². The van der Waals surface area contributed by atoms with E-state index < -0.39 is 12.3 Å². The fourth-order valence-electron chi connectivity index (χ4n) is 4.61. The van der Waals surface area contributed by atoms with Gasteiger partial charge in [0.1, 0.15) is 0 Å². The van der Waals surface area contributed by atoms with Crippen molar-refractivity contribution in [1.29, 1.82) is 0 Å². The first-order chi connectivity index (χ1) is 16.1. The zero-order valence-electron chi connectivity index (χ0n) is 18.6. The zero-order chi connectivity index (χ0) is 24.2. The van der Waals surface area contributed by atoms with Crippen LogP contribution in [0.25, 0.3) is 5.65 Å². The summed E-state index contributed by atoms with van der Waals surface area (Å²) in [6.45, 7) is 4.01. The fourth-order valence-corrected chi connectivity index (χ4v) is 4.78. The minimum atomic E-state index is -2.83. The maximum atomic E-state index is 13.7. The number of aromatic nitrogens is 4. The largest absolute Gasteiger partial charge is 0.353 e. The van der Waals surface area contributed by atoms with Gasteiger partial charge in [-0.2, -0.15) is 5.10 Å². The third-order valence-electron chi connectivity index (χ3n) is 6.31. The molecule has 1 fully saturated rings. The summed E-state index contributed by atoms with van der Waals surface area (Å²) < 4.78 is 29.1. The summed E-state index contributed by atoms with van der Waals surface area (Å²) in [5.74, 6) is -1.24. The van der Waals surface area contributed by atoms with Gasteiger partial charge in [0.05, 0.1) is 35.6 Å². The Morgan fingerprint density at radius 2 is 2.00 bits per heavy atom. The number of hydrogen-bond acceptors (Lipinski definition) is 5. The molecule has 5 rings (SSSR count). The van der Waals surface area contributed by atoms with Crippen LogP contribution in [0.1, 0.15) is 68.0 Å². The van der Waals surface area contributed by atoms with Crippen molar-refractivity contribution in [2.75, 3.05) is 5.32 Å². The molecule has 3 aromatic heterocycles. The van der Waals surface area contributed by atoms with E-state index in [1.165, 1.54) is 12.3 Å². The minimum absolute atomic E-state index is 0.000599. The summed E-state index contributed by atoms with van der Waals surface area (Å²) in [6.07, 6.45) is 2.18. The molecular weight excluding hydrogens is 466 g/mol. The third-order valence-corrected chi connectivity index (χ3v) is 6.49. The van der Waals surface area contributed by atoms with Crippen LogP contribution in [0.4, 0.5) is 14.5 Å². The topological polar surface area (TPSA) is 101 Å². The summed E-state index contributed by atoms with van der Waals surface area (Å²) >= 11 is 6.05. The highest BCUT2D eigenvalue weighted by Gasteiger charge is 2.43. The Hall–Kier alpha value is -3.14. The van der Waals surface area contributed by atoms with Gasteiger partial charge in [0.2, 0.25) is 11.8 Å². The van der Waals surface area contributed by atoms with E-state index in [0.29, 0.717) is 22.8 Å². The highest BCUT2D eigenvalue weighted by Crippen LogP contribution is 2.46. The van der Waals surface area contributed by atoms with E-state index in [9.17, 15) is 18.4 Å². The van der Waals surface area contributed by atoms with Crippen LogP contribution >= 0.6 is 11.6 Å². The van der Waals surface area contributed by atoms with E-state index in [1.807, 2.05) is 13.8 Å². The number of nitrogens with one attached hydrogen (secondary N) is 2. The quantitative estimate of drug-likeness (QED) is 0.547. The van der Waals surface area contributed by atoms with Gasteiger partial charge >= 0.3 is 0 Å². The van der Waals surface area contributed by atoms with Crippen molar-refractivity contribution >= 4 is 34.7 Å². The van der Waals surface area contributed by atoms with E-state index in [-0.39, 0.29) is 46.6 Å². The van der Waals surface area contributed by atoms with Crippen LogP contribution in [0.15, 0.2) is 24.5 Å². The molecule has 0 spiro atoms. The van der Waals surface area contributed by atoms with Crippen molar-refractivity contribution in [2.45, 2.75) is 63.3 Å². The average molecular weight is 489 g/mol. The van der Waals surface area contributed by atoms with Crippen LogP contribution in [0.5, 0.6) is 0 Å². The molecule has 0 unspecified atom stereocenters. The maximum absolute atomic E-state index is 13.7. The Morgan fingerprint density at radius 1 is 1.24 bits per heavy atom. The number of halogens is 3. The maximum Gasteiger partial charge on any atom is 0.265 e. The lowest BCUT2D eigenvalue weighted by atomic mass is 9.88. The van der Waals surface area contributed by atoms with Gasteiger partial charge in [-0.05, 0) is 25.3 Å². The van der Waals surface area contributed by atoms with Crippen molar-refractivity contribution in [3.05, 3.63) is 52.2 Å². The van der Waals surface area contributed by atoms with E-state index >= 15 is 0 Å². The summed E-state index contributed by atoms with van der Waals surface area (Å²) in [7, 11) is 0. The first-order valence-corrected chi connectivity index (χ1v) is 11.4. The van der Waals surface area contributed by atoms with Crippen molar-refractivity contribution in [2.24, 2.45) is 0 Å². The summed E-state index contributed by atoms with van der Waals surface area (Å²) in [5, 5.41) is 10.1. The summed E-state index contributed by atoms with van der Waals surface area (Å²) in [6, 6.07) is 2.97. The number of anilines is 1. The molecule has 0 radical (unpaired) electrons. The van der Waals surface area contributed by atoms with Crippen LogP contribution in [-0.2, 0) is 21.4 Å². The van der Waals surface area contributed by atoms with Gasteiger partial charge in [-0.1, -0.05) is 25.4 Å². The molecule has 0 aliphatic heterocycles. The smallest absolute Gasteiger partial charge is 0.265 e. The number of amides is 2. The predicted molar refractivity (Wildman–Crippen MR) is 121 cm³/mol. The lowest BCUT2D eigenvalue weighted by Gasteiger charge is -2.19. The van der Waals surface area contributed by atoms with Crippen LogP contribution in [0.2, 0.25) is 5.15 Å². The number of hydrogen-bond donors (Lipinski definition) is 2. The average Bonchev–Trinajstić information content (AvgIpc) is 3.41. The van der Waals surface area contributed by atoms with Gasteiger partial charge in [-0.25, -0.2) is 18.3 Å². The van der Waals surface area contributed by atoms with Gasteiger partial charge in [-0.3, -0.25) is 14.6 Å². The number of carbonyl (C=O) groups excluding carboxylic acids is 2. The lowest BCUT2D eigenvalue weighted by molar-refractivity contribution is -0.120. The molecule has 3 aromatic rings. The standard InChI is InChI=1S/C23H23ClF2N6O2/c1-23(2)8-14(15-10-28-18-7-17(24)31-32(18)20(15)23)22(34)30-12-5-13(21(25)26)16(27-9-12)6-19(33)29-11-3-4-11/h5,7,9-11,14,21H,3-4,6,8H2,1-2H3,(H,29,33)(H,30,34)/t14-/m0/s1. The van der Waals surface area contributed by atoms with Crippen molar-refractivity contribution in [3.8, 4) is 0 Å². The van der Waals surface area contributed by atoms with Crippen LogP contribution in [0.3, 0.4) is 0 Å². The Balaban J connectivity index is 1.39. The molecule has 0 saturated heterocycles. The Morgan fingerprint density at radius 3 is 2.71 bits per heavy atom. The monoisotopic (exact) mass is 488 g/mol.